The number of carbonyl (C=O) groups excluding carboxylic acids is 2. The van der Waals surface area contributed by atoms with Gasteiger partial charge in [0.05, 0.1) is 14.2 Å². The van der Waals surface area contributed by atoms with Gasteiger partial charge < -0.3 is 9.47 Å². The van der Waals surface area contributed by atoms with Gasteiger partial charge in [-0.15, -0.1) is 0 Å². The van der Waals surface area contributed by atoms with Crippen LogP contribution in [0.15, 0.2) is 0 Å². The van der Waals surface area contributed by atoms with Gasteiger partial charge in [-0.1, -0.05) is 39.5 Å². The van der Waals surface area contributed by atoms with Gasteiger partial charge in [0.2, 0.25) is 0 Å². The Morgan fingerprint density at radius 2 is 1.10 bits per heavy atom. The van der Waals surface area contributed by atoms with E-state index < -0.39 is 0 Å². The van der Waals surface area contributed by atoms with Crippen LogP contribution in [0.1, 0.15) is 65.2 Å². The second-order valence-corrected chi connectivity index (χ2v) is 5.72. The fourth-order valence-electron chi connectivity index (χ4n) is 2.21. The summed E-state index contributed by atoms with van der Waals surface area (Å²) in [6.45, 7) is 4.37. The van der Waals surface area contributed by atoms with E-state index in [1.54, 1.807) is 0 Å². The van der Waals surface area contributed by atoms with Gasteiger partial charge in [-0.25, -0.2) is 0 Å². The Morgan fingerprint density at radius 1 is 0.750 bits per heavy atom. The number of unbranched alkanes of at least 4 members (excludes halogenated alkanes) is 1. The van der Waals surface area contributed by atoms with Gasteiger partial charge in [0.1, 0.15) is 0 Å². The first-order valence-electron chi connectivity index (χ1n) is 7.63. The smallest absolute Gasteiger partial charge is 0.305 e. The maximum absolute atomic E-state index is 11.0. The molecule has 0 radical (unpaired) electrons. The van der Waals surface area contributed by atoms with Crippen LogP contribution >= 0.6 is 0 Å². The summed E-state index contributed by atoms with van der Waals surface area (Å²) in [6, 6.07) is 0. The molecule has 0 aliphatic rings. The maximum Gasteiger partial charge on any atom is 0.305 e. The van der Waals surface area contributed by atoms with Gasteiger partial charge in [-0.2, -0.15) is 0 Å². The SMILES string of the molecule is COC(=O)CCC(C)CCCCC(C)CCC(=O)OC. The molecule has 20 heavy (non-hydrogen) atoms. The van der Waals surface area contributed by atoms with Crippen molar-refractivity contribution < 1.29 is 19.1 Å². The second kappa shape index (κ2) is 11.7. The minimum atomic E-state index is -0.117. The molecule has 0 saturated carbocycles. The van der Waals surface area contributed by atoms with Crippen molar-refractivity contribution in [2.75, 3.05) is 14.2 Å². The lowest BCUT2D eigenvalue weighted by Gasteiger charge is -2.12. The van der Waals surface area contributed by atoms with E-state index in [4.69, 9.17) is 0 Å². The normalized spacial score (nSPS) is 13.6. The Bertz CT molecular complexity index is 248. The van der Waals surface area contributed by atoms with Crippen molar-refractivity contribution in [2.45, 2.75) is 65.2 Å². The first-order valence-corrected chi connectivity index (χ1v) is 7.63. The fraction of sp³-hybridized carbons (Fsp3) is 0.875. The van der Waals surface area contributed by atoms with Gasteiger partial charge in [0.15, 0.2) is 0 Å². The largest absolute Gasteiger partial charge is 0.469 e. The zero-order valence-electron chi connectivity index (χ0n) is 13.4. The zero-order chi connectivity index (χ0) is 15.4. The monoisotopic (exact) mass is 286 g/mol. The molecule has 4 nitrogen and oxygen atoms in total. The van der Waals surface area contributed by atoms with E-state index >= 15 is 0 Å². The topological polar surface area (TPSA) is 52.6 Å². The fourth-order valence-corrected chi connectivity index (χ4v) is 2.21. The lowest BCUT2D eigenvalue weighted by molar-refractivity contribution is -0.141. The van der Waals surface area contributed by atoms with Crippen molar-refractivity contribution >= 4 is 11.9 Å². The molecule has 0 aliphatic heterocycles. The molecule has 0 amide bonds. The second-order valence-electron chi connectivity index (χ2n) is 5.72. The number of rotatable bonds is 11. The summed E-state index contributed by atoms with van der Waals surface area (Å²) in [5, 5.41) is 0. The molecule has 0 aromatic carbocycles. The van der Waals surface area contributed by atoms with Crippen LogP contribution < -0.4 is 0 Å². The molecule has 0 heterocycles. The summed E-state index contributed by atoms with van der Waals surface area (Å²) >= 11 is 0. The Morgan fingerprint density at radius 3 is 1.40 bits per heavy atom. The van der Waals surface area contributed by atoms with Gasteiger partial charge in [0.25, 0.3) is 0 Å². The summed E-state index contributed by atoms with van der Waals surface area (Å²) < 4.78 is 9.27. The van der Waals surface area contributed by atoms with E-state index in [0.717, 1.165) is 25.7 Å². The minimum absolute atomic E-state index is 0.117. The van der Waals surface area contributed by atoms with Crippen LogP contribution in [-0.4, -0.2) is 26.2 Å². The van der Waals surface area contributed by atoms with E-state index in [9.17, 15) is 9.59 Å². The molecule has 0 spiro atoms. The van der Waals surface area contributed by atoms with Gasteiger partial charge in [-0.05, 0) is 24.7 Å². The van der Waals surface area contributed by atoms with Crippen LogP contribution in [0.2, 0.25) is 0 Å². The van der Waals surface area contributed by atoms with Crippen molar-refractivity contribution in [1.82, 2.24) is 0 Å². The zero-order valence-corrected chi connectivity index (χ0v) is 13.4. The molecule has 0 aromatic rings. The molecule has 2 atom stereocenters. The Hall–Kier alpha value is -1.06. The highest BCUT2D eigenvalue weighted by molar-refractivity contribution is 5.69. The average molecular weight is 286 g/mol. The third kappa shape index (κ3) is 10.8. The van der Waals surface area contributed by atoms with Crippen LogP contribution in [0.3, 0.4) is 0 Å². The van der Waals surface area contributed by atoms with Crippen molar-refractivity contribution in [2.24, 2.45) is 11.8 Å². The Labute approximate surface area is 123 Å². The van der Waals surface area contributed by atoms with Crippen LogP contribution in [0.5, 0.6) is 0 Å². The number of hydrogen-bond donors (Lipinski definition) is 0. The molecular formula is C16H30O4. The Kier molecular flexibility index (Phi) is 11.1. The van der Waals surface area contributed by atoms with Crippen LogP contribution in [0.4, 0.5) is 0 Å². The van der Waals surface area contributed by atoms with E-state index in [2.05, 4.69) is 23.3 Å². The van der Waals surface area contributed by atoms with Crippen molar-refractivity contribution in [3.8, 4) is 0 Å². The molecule has 118 valence electrons. The van der Waals surface area contributed by atoms with Gasteiger partial charge in [-0.3, -0.25) is 9.59 Å². The summed E-state index contributed by atoms with van der Waals surface area (Å²) in [7, 11) is 2.87. The van der Waals surface area contributed by atoms with E-state index in [1.807, 2.05) is 0 Å². The first kappa shape index (κ1) is 18.9. The number of esters is 2. The standard InChI is InChI=1S/C16H30O4/c1-13(9-11-15(17)19-3)7-5-6-8-14(2)10-12-16(18)20-4/h13-14H,5-12H2,1-4H3. The number of methoxy groups -OCH3 is 2. The first-order chi connectivity index (χ1) is 9.49. The Balaban J connectivity index is 3.50. The lowest BCUT2D eigenvalue weighted by Crippen LogP contribution is -2.05. The van der Waals surface area contributed by atoms with E-state index in [1.165, 1.54) is 27.1 Å². The summed E-state index contributed by atoms with van der Waals surface area (Å²) in [5.41, 5.74) is 0. The quantitative estimate of drug-likeness (QED) is 0.429. The van der Waals surface area contributed by atoms with Crippen molar-refractivity contribution in [3.05, 3.63) is 0 Å². The predicted molar refractivity (Wildman–Crippen MR) is 79.3 cm³/mol. The highest BCUT2D eigenvalue weighted by Crippen LogP contribution is 2.19. The lowest BCUT2D eigenvalue weighted by atomic mass is 9.94. The molecule has 2 unspecified atom stereocenters. The highest BCUT2D eigenvalue weighted by Gasteiger charge is 2.09. The van der Waals surface area contributed by atoms with Gasteiger partial charge in [0, 0.05) is 12.8 Å². The van der Waals surface area contributed by atoms with Crippen LogP contribution in [0.25, 0.3) is 0 Å². The third-order valence-corrected chi connectivity index (χ3v) is 3.78. The molecule has 0 aromatic heterocycles. The molecule has 0 fully saturated rings. The summed E-state index contributed by atoms with van der Waals surface area (Å²) in [6.07, 6.45) is 7.53. The van der Waals surface area contributed by atoms with Crippen molar-refractivity contribution in [3.63, 3.8) is 0 Å². The summed E-state index contributed by atoms with van der Waals surface area (Å²) in [4.78, 5) is 22.1. The summed E-state index contributed by atoms with van der Waals surface area (Å²) in [5.74, 6) is 0.903. The molecule has 0 saturated heterocycles. The number of carbonyl (C=O) groups is 2. The molecule has 0 aliphatic carbocycles. The average Bonchev–Trinajstić information content (AvgIpc) is 2.46. The number of hydrogen-bond acceptors (Lipinski definition) is 4. The maximum atomic E-state index is 11.0. The third-order valence-electron chi connectivity index (χ3n) is 3.78. The molecule has 0 rings (SSSR count). The van der Waals surface area contributed by atoms with Crippen LogP contribution in [-0.2, 0) is 19.1 Å². The highest BCUT2D eigenvalue weighted by atomic mass is 16.5. The molecule has 0 N–H and O–H groups in total. The molecule has 0 bridgehead atoms. The minimum Gasteiger partial charge on any atom is -0.469 e. The number of ether oxygens (including phenoxy) is 2. The van der Waals surface area contributed by atoms with Crippen molar-refractivity contribution in [1.29, 1.82) is 0 Å². The van der Waals surface area contributed by atoms with Crippen LogP contribution in [0, 0.1) is 11.8 Å². The molecule has 4 heteroatoms. The van der Waals surface area contributed by atoms with E-state index in [-0.39, 0.29) is 11.9 Å². The predicted octanol–water partition coefficient (Wildman–Crippen LogP) is 3.73. The molecular weight excluding hydrogens is 256 g/mol. The van der Waals surface area contributed by atoms with E-state index in [0.29, 0.717) is 24.7 Å². The van der Waals surface area contributed by atoms with Gasteiger partial charge >= 0.3 is 11.9 Å².